The smallest absolute Gasteiger partial charge is 0.0101 e. The van der Waals surface area contributed by atoms with E-state index in [9.17, 15) is 0 Å². The molecule has 0 heterocycles. The fourth-order valence-corrected chi connectivity index (χ4v) is 2.49. The second kappa shape index (κ2) is 6.53. The Balaban J connectivity index is 2.29. The van der Waals surface area contributed by atoms with E-state index in [-0.39, 0.29) is 0 Å². The fourth-order valence-electron chi connectivity index (χ4n) is 2.49. The minimum Gasteiger partial charge on any atom is -0.330 e. The first-order valence-electron chi connectivity index (χ1n) is 7.07. The predicted octanol–water partition coefficient (Wildman–Crippen LogP) is 4.29. The van der Waals surface area contributed by atoms with Gasteiger partial charge in [-0.2, -0.15) is 0 Å². The van der Waals surface area contributed by atoms with Crippen LogP contribution in [-0.4, -0.2) is 6.54 Å². The van der Waals surface area contributed by atoms with Crippen molar-refractivity contribution in [1.82, 2.24) is 0 Å². The summed E-state index contributed by atoms with van der Waals surface area (Å²) >= 11 is 0. The van der Waals surface area contributed by atoms with E-state index in [0.717, 1.165) is 6.42 Å². The number of nitrogens with two attached hydrogens (primary N) is 1. The van der Waals surface area contributed by atoms with Crippen molar-refractivity contribution in [3.05, 3.63) is 71.3 Å². The van der Waals surface area contributed by atoms with Crippen LogP contribution in [0.2, 0.25) is 0 Å². The summed E-state index contributed by atoms with van der Waals surface area (Å²) in [5.74, 6) is 0.992. The van der Waals surface area contributed by atoms with Gasteiger partial charge in [0.1, 0.15) is 0 Å². The van der Waals surface area contributed by atoms with Crippen molar-refractivity contribution in [3.63, 3.8) is 0 Å². The number of benzene rings is 2. The number of hydrogen-bond donors (Lipinski definition) is 1. The molecular formula is C18H23N. The number of rotatable bonds is 5. The topological polar surface area (TPSA) is 26.0 Å². The highest BCUT2D eigenvalue weighted by Crippen LogP contribution is 2.28. The zero-order chi connectivity index (χ0) is 13.7. The first kappa shape index (κ1) is 13.8. The van der Waals surface area contributed by atoms with Crippen LogP contribution in [0, 0.1) is 0 Å². The first-order valence-corrected chi connectivity index (χ1v) is 7.07. The maximum atomic E-state index is 5.78. The lowest BCUT2D eigenvalue weighted by Crippen LogP contribution is -2.09. The van der Waals surface area contributed by atoms with Crippen molar-refractivity contribution in [2.75, 3.05) is 6.54 Å². The lowest BCUT2D eigenvalue weighted by Gasteiger charge is -2.18. The van der Waals surface area contributed by atoms with Gasteiger partial charge in [0.2, 0.25) is 0 Å². The predicted molar refractivity (Wildman–Crippen MR) is 82.5 cm³/mol. The molecule has 0 radical (unpaired) electrons. The van der Waals surface area contributed by atoms with Gasteiger partial charge in [-0.1, -0.05) is 68.4 Å². The molecule has 0 aliphatic heterocycles. The van der Waals surface area contributed by atoms with Gasteiger partial charge < -0.3 is 5.73 Å². The molecular weight excluding hydrogens is 230 g/mol. The van der Waals surface area contributed by atoms with Gasteiger partial charge in [-0.05, 0) is 35.6 Å². The van der Waals surface area contributed by atoms with E-state index in [4.69, 9.17) is 5.73 Å². The van der Waals surface area contributed by atoms with Crippen molar-refractivity contribution in [2.24, 2.45) is 5.73 Å². The standard InChI is InChI=1S/C18H23N/c1-14(2)15-8-10-17(11-9-15)18(12-13-19)16-6-4-3-5-7-16/h3-11,14,18H,12-13,19H2,1-2H3. The molecule has 0 aliphatic rings. The summed E-state index contributed by atoms with van der Waals surface area (Å²) in [5, 5.41) is 0. The van der Waals surface area contributed by atoms with Crippen molar-refractivity contribution in [3.8, 4) is 0 Å². The average molecular weight is 253 g/mol. The zero-order valence-corrected chi connectivity index (χ0v) is 11.8. The molecule has 1 heteroatoms. The summed E-state index contributed by atoms with van der Waals surface area (Å²) in [7, 11) is 0. The summed E-state index contributed by atoms with van der Waals surface area (Å²) in [6, 6.07) is 19.6. The molecule has 2 N–H and O–H groups in total. The van der Waals surface area contributed by atoms with Gasteiger partial charge in [-0.15, -0.1) is 0 Å². The van der Waals surface area contributed by atoms with Crippen LogP contribution in [-0.2, 0) is 0 Å². The van der Waals surface area contributed by atoms with Gasteiger partial charge in [0.05, 0.1) is 0 Å². The third-order valence-corrected chi connectivity index (χ3v) is 3.66. The van der Waals surface area contributed by atoms with Crippen LogP contribution in [0.15, 0.2) is 54.6 Å². The SMILES string of the molecule is CC(C)c1ccc(C(CCN)c2ccccc2)cc1. The molecule has 0 spiro atoms. The third-order valence-electron chi connectivity index (χ3n) is 3.66. The Hall–Kier alpha value is -1.60. The molecule has 2 aromatic carbocycles. The minimum atomic E-state index is 0.410. The van der Waals surface area contributed by atoms with Crippen LogP contribution in [0.4, 0.5) is 0 Å². The Morgan fingerprint density at radius 3 is 1.84 bits per heavy atom. The normalized spacial score (nSPS) is 12.6. The second-order valence-electron chi connectivity index (χ2n) is 5.36. The van der Waals surface area contributed by atoms with Crippen LogP contribution in [0.5, 0.6) is 0 Å². The maximum Gasteiger partial charge on any atom is 0.0101 e. The van der Waals surface area contributed by atoms with E-state index in [0.29, 0.717) is 18.4 Å². The Morgan fingerprint density at radius 2 is 1.32 bits per heavy atom. The summed E-state index contributed by atoms with van der Waals surface area (Å²) < 4.78 is 0. The molecule has 0 fully saturated rings. The summed E-state index contributed by atoms with van der Waals surface area (Å²) in [6.45, 7) is 5.17. The monoisotopic (exact) mass is 253 g/mol. The summed E-state index contributed by atoms with van der Waals surface area (Å²) in [5.41, 5.74) is 9.89. The van der Waals surface area contributed by atoms with Gasteiger partial charge in [0.25, 0.3) is 0 Å². The second-order valence-corrected chi connectivity index (χ2v) is 5.36. The molecule has 0 saturated carbocycles. The Bertz CT molecular complexity index is 485. The van der Waals surface area contributed by atoms with Crippen molar-refractivity contribution < 1.29 is 0 Å². The largest absolute Gasteiger partial charge is 0.330 e. The highest BCUT2D eigenvalue weighted by Gasteiger charge is 2.13. The van der Waals surface area contributed by atoms with E-state index in [1.165, 1.54) is 16.7 Å². The molecule has 1 unspecified atom stereocenters. The quantitative estimate of drug-likeness (QED) is 0.845. The van der Waals surface area contributed by atoms with Crippen LogP contribution in [0.3, 0.4) is 0 Å². The lowest BCUT2D eigenvalue weighted by atomic mass is 9.87. The molecule has 2 rings (SSSR count). The van der Waals surface area contributed by atoms with Crippen molar-refractivity contribution in [1.29, 1.82) is 0 Å². The number of hydrogen-bond acceptors (Lipinski definition) is 1. The third kappa shape index (κ3) is 3.45. The lowest BCUT2D eigenvalue weighted by molar-refractivity contribution is 0.725. The fraction of sp³-hybridized carbons (Fsp3) is 0.333. The molecule has 0 bridgehead atoms. The molecule has 2 aromatic rings. The van der Waals surface area contributed by atoms with Gasteiger partial charge in [0.15, 0.2) is 0 Å². The molecule has 0 aliphatic carbocycles. The van der Waals surface area contributed by atoms with Crippen LogP contribution in [0.25, 0.3) is 0 Å². The molecule has 0 aromatic heterocycles. The highest BCUT2D eigenvalue weighted by molar-refractivity contribution is 5.34. The van der Waals surface area contributed by atoms with E-state index >= 15 is 0 Å². The Labute approximate surface area is 116 Å². The molecule has 0 amide bonds. The van der Waals surface area contributed by atoms with Gasteiger partial charge in [-0.3, -0.25) is 0 Å². The average Bonchev–Trinajstić information content (AvgIpc) is 2.46. The van der Waals surface area contributed by atoms with Gasteiger partial charge in [0, 0.05) is 5.92 Å². The Morgan fingerprint density at radius 1 is 0.789 bits per heavy atom. The van der Waals surface area contributed by atoms with Crippen LogP contribution >= 0.6 is 0 Å². The first-order chi connectivity index (χ1) is 9.22. The van der Waals surface area contributed by atoms with E-state index in [1.807, 2.05) is 0 Å². The minimum absolute atomic E-state index is 0.410. The summed E-state index contributed by atoms with van der Waals surface area (Å²) in [4.78, 5) is 0. The highest BCUT2D eigenvalue weighted by atomic mass is 14.5. The molecule has 1 atom stereocenters. The molecule has 19 heavy (non-hydrogen) atoms. The zero-order valence-electron chi connectivity index (χ0n) is 11.8. The molecule has 100 valence electrons. The van der Waals surface area contributed by atoms with Crippen molar-refractivity contribution in [2.45, 2.75) is 32.1 Å². The van der Waals surface area contributed by atoms with E-state index in [2.05, 4.69) is 68.4 Å². The van der Waals surface area contributed by atoms with Gasteiger partial charge >= 0.3 is 0 Å². The molecule has 1 nitrogen and oxygen atoms in total. The maximum absolute atomic E-state index is 5.78. The van der Waals surface area contributed by atoms with Crippen LogP contribution in [0.1, 0.15) is 48.8 Å². The van der Waals surface area contributed by atoms with Gasteiger partial charge in [-0.25, -0.2) is 0 Å². The van der Waals surface area contributed by atoms with E-state index < -0.39 is 0 Å². The van der Waals surface area contributed by atoms with Crippen molar-refractivity contribution >= 4 is 0 Å². The Kier molecular flexibility index (Phi) is 4.75. The summed E-state index contributed by atoms with van der Waals surface area (Å²) in [6.07, 6.45) is 0.991. The molecule has 0 saturated heterocycles. The van der Waals surface area contributed by atoms with E-state index in [1.54, 1.807) is 0 Å². The van der Waals surface area contributed by atoms with Crippen LogP contribution < -0.4 is 5.73 Å².